The molecule has 1 aromatic rings. The van der Waals surface area contributed by atoms with Crippen molar-refractivity contribution < 1.29 is 4.74 Å². The number of hydrogen-bond acceptors (Lipinski definition) is 4. The zero-order valence-corrected chi connectivity index (χ0v) is 11.4. The van der Waals surface area contributed by atoms with Gasteiger partial charge in [-0.1, -0.05) is 20.8 Å². The van der Waals surface area contributed by atoms with Crippen LogP contribution in [0.2, 0.25) is 0 Å². The first-order chi connectivity index (χ1) is 7.97. The molecule has 0 saturated carbocycles. The Morgan fingerprint density at radius 2 is 2.06 bits per heavy atom. The van der Waals surface area contributed by atoms with Gasteiger partial charge in [0.2, 0.25) is 5.88 Å². The second kappa shape index (κ2) is 5.96. The SMILES string of the molecule is CCOc1cc(CC(NC)C(C)(C)C)ncn1. The summed E-state index contributed by atoms with van der Waals surface area (Å²) in [4.78, 5) is 8.36. The molecule has 0 aromatic carbocycles. The molecule has 0 saturated heterocycles. The van der Waals surface area contributed by atoms with Crippen LogP contribution in [-0.2, 0) is 6.42 Å². The van der Waals surface area contributed by atoms with Gasteiger partial charge in [-0.15, -0.1) is 0 Å². The van der Waals surface area contributed by atoms with E-state index in [1.807, 2.05) is 20.0 Å². The lowest BCUT2D eigenvalue weighted by Gasteiger charge is -2.30. The minimum Gasteiger partial charge on any atom is -0.478 e. The van der Waals surface area contributed by atoms with Crippen LogP contribution in [0.25, 0.3) is 0 Å². The predicted molar refractivity (Wildman–Crippen MR) is 69.2 cm³/mol. The lowest BCUT2D eigenvalue weighted by molar-refractivity contribution is 0.277. The highest BCUT2D eigenvalue weighted by Crippen LogP contribution is 2.22. The molecule has 0 aliphatic rings. The Hall–Kier alpha value is -1.16. The highest BCUT2D eigenvalue weighted by molar-refractivity contribution is 5.15. The van der Waals surface area contributed by atoms with Crippen molar-refractivity contribution in [2.24, 2.45) is 5.41 Å². The molecule has 4 heteroatoms. The molecule has 0 fully saturated rings. The van der Waals surface area contributed by atoms with Gasteiger partial charge in [-0.3, -0.25) is 0 Å². The highest BCUT2D eigenvalue weighted by Gasteiger charge is 2.23. The van der Waals surface area contributed by atoms with Crippen molar-refractivity contribution >= 4 is 0 Å². The van der Waals surface area contributed by atoms with E-state index in [1.165, 1.54) is 0 Å². The van der Waals surface area contributed by atoms with E-state index in [2.05, 4.69) is 36.1 Å². The van der Waals surface area contributed by atoms with Crippen molar-refractivity contribution in [1.29, 1.82) is 0 Å². The van der Waals surface area contributed by atoms with Gasteiger partial charge in [-0.25, -0.2) is 9.97 Å². The van der Waals surface area contributed by atoms with Crippen molar-refractivity contribution in [2.45, 2.75) is 40.2 Å². The summed E-state index contributed by atoms with van der Waals surface area (Å²) in [6.07, 6.45) is 2.44. The third-order valence-corrected chi connectivity index (χ3v) is 2.80. The van der Waals surface area contributed by atoms with Crippen molar-refractivity contribution in [3.8, 4) is 5.88 Å². The molecule has 1 N–H and O–H groups in total. The molecule has 0 radical (unpaired) electrons. The summed E-state index contributed by atoms with van der Waals surface area (Å²) in [5.74, 6) is 0.654. The quantitative estimate of drug-likeness (QED) is 0.851. The molecule has 1 rings (SSSR count). The highest BCUT2D eigenvalue weighted by atomic mass is 16.5. The van der Waals surface area contributed by atoms with Gasteiger partial charge in [0, 0.05) is 24.2 Å². The van der Waals surface area contributed by atoms with Gasteiger partial charge < -0.3 is 10.1 Å². The van der Waals surface area contributed by atoms with E-state index in [-0.39, 0.29) is 5.41 Å². The third kappa shape index (κ3) is 4.30. The Labute approximate surface area is 104 Å². The number of rotatable bonds is 5. The van der Waals surface area contributed by atoms with Gasteiger partial charge in [0.15, 0.2) is 0 Å². The Kier molecular flexibility index (Phi) is 4.87. The Morgan fingerprint density at radius 3 is 2.59 bits per heavy atom. The van der Waals surface area contributed by atoms with E-state index < -0.39 is 0 Å². The number of hydrogen-bond donors (Lipinski definition) is 1. The number of nitrogens with one attached hydrogen (secondary N) is 1. The Morgan fingerprint density at radius 1 is 1.35 bits per heavy atom. The average Bonchev–Trinajstić information content (AvgIpc) is 2.25. The molecular formula is C13H23N3O. The molecule has 0 aliphatic carbocycles. The Bertz CT molecular complexity index is 347. The molecule has 0 amide bonds. The molecule has 96 valence electrons. The summed E-state index contributed by atoms with van der Waals surface area (Å²) in [5, 5.41) is 3.34. The topological polar surface area (TPSA) is 47.0 Å². The average molecular weight is 237 g/mol. The summed E-state index contributed by atoms with van der Waals surface area (Å²) in [6.45, 7) is 9.24. The number of ether oxygens (including phenoxy) is 1. The van der Waals surface area contributed by atoms with E-state index in [0.29, 0.717) is 18.5 Å². The minimum atomic E-state index is 0.200. The molecular weight excluding hydrogens is 214 g/mol. The summed E-state index contributed by atoms with van der Waals surface area (Å²) in [5.41, 5.74) is 1.21. The predicted octanol–water partition coefficient (Wildman–Crippen LogP) is 2.05. The fraction of sp³-hybridized carbons (Fsp3) is 0.692. The number of likely N-dealkylation sites (N-methyl/N-ethyl adjacent to an activating group) is 1. The van der Waals surface area contributed by atoms with Crippen LogP contribution in [0.4, 0.5) is 0 Å². The largest absolute Gasteiger partial charge is 0.478 e. The van der Waals surface area contributed by atoms with Crippen LogP contribution in [0.3, 0.4) is 0 Å². The molecule has 1 atom stereocenters. The van der Waals surface area contributed by atoms with Gasteiger partial charge in [-0.2, -0.15) is 0 Å². The second-order valence-corrected chi connectivity index (χ2v) is 5.19. The fourth-order valence-corrected chi connectivity index (χ4v) is 1.77. The number of aromatic nitrogens is 2. The number of nitrogens with zero attached hydrogens (tertiary/aromatic N) is 2. The molecule has 1 heterocycles. The molecule has 1 unspecified atom stereocenters. The molecule has 0 bridgehead atoms. The van der Waals surface area contributed by atoms with Crippen molar-refractivity contribution in [1.82, 2.24) is 15.3 Å². The molecule has 4 nitrogen and oxygen atoms in total. The molecule has 17 heavy (non-hydrogen) atoms. The van der Waals surface area contributed by atoms with Crippen LogP contribution >= 0.6 is 0 Å². The third-order valence-electron chi connectivity index (χ3n) is 2.80. The van der Waals surface area contributed by atoms with Crippen LogP contribution in [0.5, 0.6) is 5.88 Å². The monoisotopic (exact) mass is 237 g/mol. The minimum absolute atomic E-state index is 0.200. The van der Waals surface area contributed by atoms with Crippen molar-refractivity contribution in [3.05, 3.63) is 18.1 Å². The second-order valence-electron chi connectivity index (χ2n) is 5.19. The maximum absolute atomic E-state index is 5.38. The molecule has 0 spiro atoms. The van der Waals surface area contributed by atoms with Crippen LogP contribution in [-0.4, -0.2) is 29.7 Å². The molecule has 1 aromatic heterocycles. The van der Waals surface area contributed by atoms with E-state index in [9.17, 15) is 0 Å². The zero-order chi connectivity index (χ0) is 12.9. The van der Waals surface area contributed by atoms with Crippen LogP contribution in [0.1, 0.15) is 33.4 Å². The van der Waals surface area contributed by atoms with Crippen LogP contribution in [0, 0.1) is 5.41 Å². The first-order valence-electron chi connectivity index (χ1n) is 6.08. The van der Waals surface area contributed by atoms with Gasteiger partial charge in [0.25, 0.3) is 0 Å². The first kappa shape index (κ1) is 13.9. The van der Waals surface area contributed by atoms with E-state index in [4.69, 9.17) is 4.74 Å². The molecule has 0 aliphatic heterocycles. The maximum atomic E-state index is 5.38. The Balaban J connectivity index is 2.76. The lowest BCUT2D eigenvalue weighted by Crippen LogP contribution is -2.40. The van der Waals surface area contributed by atoms with E-state index in [0.717, 1.165) is 12.1 Å². The normalized spacial score (nSPS) is 13.5. The van der Waals surface area contributed by atoms with Gasteiger partial charge in [-0.05, 0) is 19.4 Å². The zero-order valence-electron chi connectivity index (χ0n) is 11.4. The van der Waals surface area contributed by atoms with Gasteiger partial charge >= 0.3 is 0 Å². The fourth-order valence-electron chi connectivity index (χ4n) is 1.77. The summed E-state index contributed by atoms with van der Waals surface area (Å²) in [6, 6.07) is 2.30. The van der Waals surface area contributed by atoms with Crippen LogP contribution < -0.4 is 10.1 Å². The van der Waals surface area contributed by atoms with E-state index in [1.54, 1.807) is 6.33 Å². The maximum Gasteiger partial charge on any atom is 0.216 e. The standard InChI is InChI=1S/C13H23N3O/c1-6-17-12-8-10(15-9-16-12)7-11(14-5)13(2,3)4/h8-9,11,14H,6-7H2,1-5H3. The lowest BCUT2D eigenvalue weighted by atomic mass is 9.84. The summed E-state index contributed by atoms with van der Waals surface area (Å²) < 4.78 is 5.38. The van der Waals surface area contributed by atoms with E-state index >= 15 is 0 Å². The van der Waals surface area contributed by atoms with Crippen LogP contribution in [0.15, 0.2) is 12.4 Å². The van der Waals surface area contributed by atoms with Crippen molar-refractivity contribution in [2.75, 3.05) is 13.7 Å². The summed E-state index contributed by atoms with van der Waals surface area (Å²) >= 11 is 0. The summed E-state index contributed by atoms with van der Waals surface area (Å²) in [7, 11) is 1.99. The van der Waals surface area contributed by atoms with Gasteiger partial charge in [0.05, 0.1) is 6.61 Å². The smallest absolute Gasteiger partial charge is 0.216 e. The first-order valence-corrected chi connectivity index (χ1v) is 6.08. The van der Waals surface area contributed by atoms with Gasteiger partial charge in [0.1, 0.15) is 6.33 Å². The van der Waals surface area contributed by atoms with Crippen molar-refractivity contribution in [3.63, 3.8) is 0 Å².